The van der Waals surface area contributed by atoms with Crippen LogP contribution >= 0.6 is 0 Å². The van der Waals surface area contributed by atoms with Crippen LogP contribution in [0.2, 0.25) is 0 Å². The van der Waals surface area contributed by atoms with Crippen molar-refractivity contribution >= 4 is 23.0 Å². The lowest BCUT2D eigenvalue weighted by molar-refractivity contribution is -0.116. The fraction of sp³-hybridized carbons (Fsp3) is 0.273. The Morgan fingerprint density at radius 1 is 1.19 bits per heavy atom. The van der Waals surface area contributed by atoms with Crippen molar-refractivity contribution in [2.45, 2.75) is 33.2 Å². The first-order valence-electron chi connectivity index (χ1n) is 9.92. The first-order chi connectivity index (χ1) is 14.8. The van der Waals surface area contributed by atoms with Crippen molar-refractivity contribution in [1.29, 1.82) is 0 Å². The summed E-state index contributed by atoms with van der Waals surface area (Å²) in [6, 6.07) is 6.52. The average molecular weight is 424 g/mol. The van der Waals surface area contributed by atoms with E-state index in [-0.39, 0.29) is 17.2 Å². The largest absolute Gasteiger partial charge is 0.419 e. The number of aromatic nitrogens is 3. The number of hydrogen-bond donors (Lipinski definition) is 2. The van der Waals surface area contributed by atoms with Gasteiger partial charge in [0.1, 0.15) is 5.52 Å². The lowest BCUT2D eigenvalue weighted by Crippen LogP contribution is -2.21. The highest BCUT2D eigenvalue weighted by Gasteiger charge is 2.29. The second-order valence-corrected chi connectivity index (χ2v) is 7.63. The van der Waals surface area contributed by atoms with Crippen LogP contribution in [0, 0.1) is 11.7 Å². The van der Waals surface area contributed by atoms with Gasteiger partial charge in [0.05, 0.1) is 17.5 Å². The summed E-state index contributed by atoms with van der Waals surface area (Å²) in [5.74, 6) is -1.81. The summed E-state index contributed by atoms with van der Waals surface area (Å²) >= 11 is 0. The number of allylic oxidation sites excluding steroid dienone is 1. The Labute approximate surface area is 176 Å². The standard InChI is InChI=1S/C22H21FN4O4/c1-4-27-10-24-16-8-6-13(18(23)19(16)27)15-7-5-12(20(28)25-15)14(11(2)3)9-17-21(29)26-22(30)31-17/h5-11,14H,4H2,1-3H3,(H,25,28)(H,26,29,30). The Morgan fingerprint density at radius 3 is 2.58 bits per heavy atom. The fourth-order valence-corrected chi connectivity index (χ4v) is 3.71. The number of pyridine rings is 1. The molecular weight excluding hydrogens is 403 g/mol. The van der Waals surface area contributed by atoms with Crippen LogP contribution in [0.5, 0.6) is 0 Å². The summed E-state index contributed by atoms with van der Waals surface area (Å²) in [7, 11) is 0. The molecule has 0 bridgehead atoms. The molecule has 9 heteroatoms. The molecule has 0 radical (unpaired) electrons. The lowest BCUT2D eigenvalue weighted by atomic mass is 9.88. The first kappa shape index (κ1) is 20.5. The average Bonchev–Trinajstić information content (AvgIpc) is 3.29. The third-order valence-corrected chi connectivity index (χ3v) is 5.34. The van der Waals surface area contributed by atoms with Crippen molar-refractivity contribution in [2.24, 2.45) is 5.92 Å². The summed E-state index contributed by atoms with van der Waals surface area (Å²) in [5, 5.41) is 2.03. The Bertz CT molecular complexity index is 1290. The number of amides is 2. The van der Waals surface area contributed by atoms with E-state index in [1.165, 1.54) is 6.08 Å². The van der Waals surface area contributed by atoms with Crippen LogP contribution in [0.25, 0.3) is 22.3 Å². The molecule has 0 spiro atoms. The number of carbonyl (C=O) groups is 2. The van der Waals surface area contributed by atoms with Crippen molar-refractivity contribution in [3.05, 3.63) is 64.2 Å². The number of cyclic esters (lactones) is 1. The monoisotopic (exact) mass is 424 g/mol. The molecule has 2 aromatic heterocycles. The maximum absolute atomic E-state index is 15.2. The molecule has 8 nitrogen and oxygen atoms in total. The number of benzene rings is 1. The van der Waals surface area contributed by atoms with E-state index >= 15 is 4.39 Å². The Balaban J connectivity index is 1.76. The van der Waals surface area contributed by atoms with E-state index in [0.29, 0.717) is 28.8 Å². The number of carbonyl (C=O) groups excluding carboxylic acids is 2. The van der Waals surface area contributed by atoms with Gasteiger partial charge in [0.25, 0.3) is 11.5 Å². The third-order valence-electron chi connectivity index (χ3n) is 5.34. The molecule has 2 N–H and O–H groups in total. The number of fused-ring (bicyclic) bond motifs is 1. The van der Waals surface area contributed by atoms with E-state index in [9.17, 15) is 14.4 Å². The number of H-pyrrole nitrogens is 1. The third kappa shape index (κ3) is 3.63. The summed E-state index contributed by atoms with van der Waals surface area (Å²) < 4.78 is 21.8. The van der Waals surface area contributed by atoms with Crippen LogP contribution in [0.1, 0.15) is 32.3 Å². The number of aromatic amines is 1. The molecule has 0 aliphatic carbocycles. The number of halogens is 1. The van der Waals surface area contributed by atoms with Gasteiger partial charge in [-0.05, 0) is 37.1 Å². The van der Waals surface area contributed by atoms with E-state index in [2.05, 4.69) is 9.97 Å². The smallest absolute Gasteiger partial charge is 0.404 e. The molecule has 160 valence electrons. The first-order valence-corrected chi connectivity index (χ1v) is 9.92. The zero-order valence-corrected chi connectivity index (χ0v) is 17.2. The molecule has 3 heterocycles. The number of imide groups is 1. The number of rotatable bonds is 5. The minimum Gasteiger partial charge on any atom is -0.404 e. The number of ether oxygens (including phenoxy) is 1. The van der Waals surface area contributed by atoms with E-state index in [1.807, 2.05) is 26.1 Å². The highest BCUT2D eigenvalue weighted by Crippen LogP contribution is 2.30. The van der Waals surface area contributed by atoms with E-state index in [0.717, 1.165) is 0 Å². The molecule has 0 saturated carbocycles. The minimum atomic E-state index is -0.847. The summed E-state index contributed by atoms with van der Waals surface area (Å²) in [4.78, 5) is 42.9. The Kier molecular flexibility index (Phi) is 5.18. The molecule has 1 aromatic carbocycles. The molecule has 2 amide bonds. The number of nitrogens with one attached hydrogen (secondary N) is 2. The SMILES string of the molecule is CCn1cnc2ccc(-c3ccc(C(C=C4OC(=O)NC4=O)C(C)C)c(=O)[nH]3)c(F)c21. The Hall–Kier alpha value is -3.75. The lowest BCUT2D eigenvalue weighted by Gasteiger charge is -2.17. The van der Waals surface area contributed by atoms with Crippen LogP contribution in [0.3, 0.4) is 0 Å². The van der Waals surface area contributed by atoms with Gasteiger partial charge >= 0.3 is 6.09 Å². The number of alkyl carbamates (subject to hydrolysis) is 1. The van der Waals surface area contributed by atoms with Crippen LogP contribution in [-0.4, -0.2) is 26.5 Å². The van der Waals surface area contributed by atoms with Crippen LogP contribution in [0.4, 0.5) is 9.18 Å². The molecule has 3 aromatic rings. The van der Waals surface area contributed by atoms with Gasteiger partial charge in [0.2, 0.25) is 0 Å². The normalized spacial score (nSPS) is 16.2. The minimum absolute atomic E-state index is 0.0708. The van der Waals surface area contributed by atoms with E-state index in [1.54, 1.807) is 35.2 Å². The van der Waals surface area contributed by atoms with Gasteiger partial charge in [-0.15, -0.1) is 0 Å². The van der Waals surface area contributed by atoms with Gasteiger partial charge in [-0.2, -0.15) is 0 Å². The van der Waals surface area contributed by atoms with Crippen LogP contribution in [-0.2, 0) is 16.1 Å². The molecule has 1 aliphatic heterocycles. The Morgan fingerprint density at radius 2 is 1.97 bits per heavy atom. The maximum Gasteiger partial charge on any atom is 0.419 e. The quantitative estimate of drug-likeness (QED) is 0.611. The van der Waals surface area contributed by atoms with E-state index < -0.39 is 29.3 Å². The van der Waals surface area contributed by atoms with Crippen molar-refractivity contribution in [2.75, 3.05) is 0 Å². The van der Waals surface area contributed by atoms with Gasteiger partial charge in [0.15, 0.2) is 11.6 Å². The van der Waals surface area contributed by atoms with Crippen molar-refractivity contribution < 1.29 is 18.7 Å². The second kappa shape index (κ2) is 7.82. The molecule has 1 fully saturated rings. The van der Waals surface area contributed by atoms with Crippen molar-refractivity contribution in [1.82, 2.24) is 19.9 Å². The molecule has 4 rings (SSSR count). The molecule has 1 aliphatic rings. The summed E-state index contributed by atoms with van der Waals surface area (Å²) in [5.41, 5.74) is 1.47. The van der Waals surface area contributed by atoms with Crippen LogP contribution in [0.15, 0.2) is 47.2 Å². The zero-order chi connectivity index (χ0) is 22.3. The second-order valence-electron chi connectivity index (χ2n) is 7.63. The predicted molar refractivity (Wildman–Crippen MR) is 112 cm³/mol. The van der Waals surface area contributed by atoms with Crippen molar-refractivity contribution in [3.8, 4) is 11.3 Å². The van der Waals surface area contributed by atoms with Gasteiger partial charge in [-0.1, -0.05) is 19.9 Å². The molecule has 1 saturated heterocycles. The van der Waals surface area contributed by atoms with Crippen molar-refractivity contribution in [3.63, 3.8) is 0 Å². The molecule has 1 unspecified atom stereocenters. The number of aryl methyl sites for hydroxylation is 1. The van der Waals surface area contributed by atoms with Gasteiger partial charge in [-0.25, -0.2) is 14.2 Å². The molecule has 1 atom stereocenters. The van der Waals surface area contributed by atoms with Crippen LogP contribution < -0.4 is 10.9 Å². The number of hydrogen-bond acceptors (Lipinski definition) is 5. The highest BCUT2D eigenvalue weighted by molar-refractivity contribution is 6.07. The number of nitrogens with zero attached hydrogens (tertiary/aromatic N) is 2. The topological polar surface area (TPSA) is 106 Å². The van der Waals surface area contributed by atoms with Gasteiger partial charge < -0.3 is 14.3 Å². The summed E-state index contributed by atoms with van der Waals surface area (Å²) in [6.45, 7) is 6.22. The summed E-state index contributed by atoms with van der Waals surface area (Å²) in [6.07, 6.45) is 2.19. The molecule has 31 heavy (non-hydrogen) atoms. The fourth-order valence-electron chi connectivity index (χ4n) is 3.71. The van der Waals surface area contributed by atoms with Gasteiger partial charge in [0, 0.05) is 23.6 Å². The van der Waals surface area contributed by atoms with E-state index in [4.69, 9.17) is 4.74 Å². The highest BCUT2D eigenvalue weighted by atomic mass is 19.1. The zero-order valence-electron chi connectivity index (χ0n) is 17.2. The number of imidazole rings is 1. The van der Waals surface area contributed by atoms with Gasteiger partial charge in [-0.3, -0.25) is 14.9 Å². The predicted octanol–water partition coefficient (Wildman–Crippen LogP) is 3.44. The maximum atomic E-state index is 15.2. The molecular formula is C22H21FN4O4.